The summed E-state index contributed by atoms with van der Waals surface area (Å²) in [6, 6.07) is 17.3. The van der Waals surface area contributed by atoms with Crippen molar-refractivity contribution < 1.29 is 4.79 Å². The van der Waals surface area contributed by atoms with Crippen LogP contribution in [0.1, 0.15) is 25.3 Å². The summed E-state index contributed by atoms with van der Waals surface area (Å²) in [6.45, 7) is 4.21. The molecule has 30 heavy (non-hydrogen) atoms. The first-order valence-corrected chi connectivity index (χ1v) is 10.6. The van der Waals surface area contributed by atoms with E-state index in [2.05, 4.69) is 34.2 Å². The molecule has 0 fully saturated rings. The Morgan fingerprint density at radius 2 is 1.97 bits per heavy atom. The maximum Gasteiger partial charge on any atom is 0.262 e. The number of aromatic nitrogens is 4. The quantitative estimate of drug-likeness (QED) is 0.364. The van der Waals surface area contributed by atoms with Crippen LogP contribution in [-0.4, -0.2) is 31.4 Å². The minimum absolute atomic E-state index is 0.125. The molecular formula is C22H21N5O2S. The average molecular weight is 420 g/mol. The van der Waals surface area contributed by atoms with E-state index in [4.69, 9.17) is 0 Å². The predicted molar refractivity (Wildman–Crippen MR) is 119 cm³/mol. The van der Waals surface area contributed by atoms with Gasteiger partial charge in [-0.1, -0.05) is 55.9 Å². The van der Waals surface area contributed by atoms with E-state index in [9.17, 15) is 9.59 Å². The number of H-pyrrole nitrogens is 1. The van der Waals surface area contributed by atoms with Gasteiger partial charge in [0.05, 0.1) is 17.6 Å². The zero-order chi connectivity index (χ0) is 21.1. The lowest BCUT2D eigenvalue weighted by atomic mass is 10.0. The number of nitrogens with one attached hydrogen (secondary N) is 2. The van der Waals surface area contributed by atoms with Gasteiger partial charge in [-0.2, -0.15) is 5.10 Å². The van der Waals surface area contributed by atoms with Crippen LogP contribution in [0.5, 0.6) is 0 Å². The molecule has 2 N–H and O–H groups in total. The number of para-hydroxylation sites is 1. The van der Waals surface area contributed by atoms with Crippen LogP contribution in [0.4, 0.5) is 5.69 Å². The highest BCUT2D eigenvalue weighted by Gasteiger charge is 2.13. The molecule has 1 amide bonds. The highest BCUT2D eigenvalue weighted by molar-refractivity contribution is 7.99. The van der Waals surface area contributed by atoms with Crippen molar-refractivity contribution in [3.8, 4) is 5.69 Å². The Hall–Kier alpha value is -3.39. The Morgan fingerprint density at radius 1 is 1.17 bits per heavy atom. The summed E-state index contributed by atoms with van der Waals surface area (Å²) in [7, 11) is 0. The minimum atomic E-state index is -0.283. The van der Waals surface area contributed by atoms with Crippen LogP contribution >= 0.6 is 11.8 Å². The SMILES string of the molecule is CC(C)c1cccc(NC(=O)CSc2nc3c(cnn3-c3ccccc3)c(=O)[nH]2)c1. The monoisotopic (exact) mass is 419 g/mol. The fourth-order valence-corrected chi connectivity index (χ4v) is 3.69. The number of nitrogens with zero attached hydrogens (tertiary/aromatic N) is 3. The van der Waals surface area contributed by atoms with Crippen molar-refractivity contribution in [3.63, 3.8) is 0 Å². The van der Waals surface area contributed by atoms with Gasteiger partial charge < -0.3 is 10.3 Å². The van der Waals surface area contributed by atoms with Crippen molar-refractivity contribution in [2.45, 2.75) is 24.9 Å². The highest BCUT2D eigenvalue weighted by Crippen LogP contribution is 2.20. The Balaban J connectivity index is 1.51. The molecule has 0 aliphatic carbocycles. The second-order valence-corrected chi connectivity index (χ2v) is 8.08. The minimum Gasteiger partial charge on any atom is -0.325 e. The number of hydrogen-bond acceptors (Lipinski definition) is 5. The molecule has 0 aliphatic heterocycles. The molecule has 2 aromatic carbocycles. The molecule has 2 heterocycles. The number of anilines is 1. The number of rotatable bonds is 6. The largest absolute Gasteiger partial charge is 0.325 e. The number of hydrogen-bond donors (Lipinski definition) is 2. The normalized spacial score (nSPS) is 11.2. The van der Waals surface area contributed by atoms with E-state index in [1.165, 1.54) is 18.0 Å². The van der Waals surface area contributed by atoms with E-state index >= 15 is 0 Å². The summed E-state index contributed by atoms with van der Waals surface area (Å²) in [5.41, 5.74) is 2.90. The van der Waals surface area contributed by atoms with Crippen LogP contribution in [0.15, 0.2) is 70.7 Å². The molecular weight excluding hydrogens is 398 g/mol. The van der Waals surface area contributed by atoms with Gasteiger partial charge in [-0.25, -0.2) is 9.67 Å². The lowest BCUT2D eigenvalue weighted by Crippen LogP contribution is -2.16. The summed E-state index contributed by atoms with van der Waals surface area (Å²) >= 11 is 1.17. The number of carbonyl (C=O) groups excluding carboxylic acids is 1. The van der Waals surface area contributed by atoms with Gasteiger partial charge in [-0.05, 0) is 35.7 Å². The van der Waals surface area contributed by atoms with Crippen LogP contribution in [-0.2, 0) is 4.79 Å². The van der Waals surface area contributed by atoms with E-state index < -0.39 is 0 Å². The van der Waals surface area contributed by atoms with Crippen molar-refractivity contribution in [1.82, 2.24) is 19.7 Å². The number of thioether (sulfide) groups is 1. The molecule has 0 radical (unpaired) electrons. The summed E-state index contributed by atoms with van der Waals surface area (Å²) in [5.74, 6) is 0.340. The summed E-state index contributed by atoms with van der Waals surface area (Å²) in [5, 5.41) is 7.95. The van der Waals surface area contributed by atoms with Crippen LogP contribution in [0.2, 0.25) is 0 Å². The number of fused-ring (bicyclic) bond motifs is 1. The predicted octanol–water partition coefficient (Wildman–Crippen LogP) is 3.96. The molecule has 0 bridgehead atoms. The van der Waals surface area contributed by atoms with Gasteiger partial charge in [0.1, 0.15) is 5.39 Å². The summed E-state index contributed by atoms with van der Waals surface area (Å²) in [4.78, 5) is 32.0. The van der Waals surface area contributed by atoms with E-state index in [0.29, 0.717) is 22.1 Å². The number of carbonyl (C=O) groups is 1. The van der Waals surface area contributed by atoms with E-state index in [1.54, 1.807) is 4.68 Å². The Bertz CT molecular complexity index is 1250. The maximum absolute atomic E-state index is 12.4. The molecule has 0 unspecified atom stereocenters. The van der Waals surface area contributed by atoms with Crippen LogP contribution < -0.4 is 10.9 Å². The molecule has 0 spiro atoms. The zero-order valence-electron chi connectivity index (χ0n) is 16.6. The van der Waals surface area contributed by atoms with E-state index in [1.807, 2.05) is 54.6 Å². The Kier molecular flexibility index (Phi) is 5.67. The molecule has 4 rings (SSSR count). The molecule has 4 aromatic rings. The average Bonchev–Trinajstić information content (AvgIpc) is 3.18. The van der Waals surface area contributed by atoms with Crippen LogP contribution in [0.25, 0.3) is 16.7 Å². The lowest BCUT2D eigenvalue weighted by molar-refractivity contribution is -0.113. The van der Waals surface area contributed by atoms with Gasteiger partial charge in [0.25, 0.3) is 5.56 Å². The second kappa shape index (κ2) is 8.54. The van der Waals surface area contributed by atoms with Gasteiger partial charge in [-0.15, -0.1) is 0 Å². The summed E-state index contributed by atoms with van der Waals surface area (Å²) < 4.78 is 1.62. The van der Waals surface area contributed by atoms with Crippen molar-refractivity contribution in [3.05, 3.63) is 76.7 Å². The maximum atomic E-state index is 12.4. The fraction of sp³-hybridized carbons (Fsp3) is 0.182. The van der Waals surface area contributed by atoms with Gasteiger partial charge in [0, 0.05) is 5.69 Å². The molecule has 8 heteroatoms. The Labute approximate surface area is 177 Å². The van der Waals surface area contributed by atoms with Crippen molar-refractivity contribution in [2.24, 2.45) is 0 Å². The van der Waals surface area contributed by atoms with Gasteiger partial charge in [0.2, 0.25) is 5.91 Å². The Morgan fingerprint density at radius 3 is 2.73 bits per heavy atom. The molecule has 2 aromatic heterocycles. The van der Waals surface area contributed by atoms with Crippen molar-refractivity contribution in [2.75, 3.05) is 11.1 Å². The third kappa shape index (κ3) is 4.28. The molecule has 0 aliphatic rings. The standard InChI is InChI=1S/C22H21N5O2S/c1-14(2)15-7-6-8-16(11-15)24-19(28)13-30-22-25-20-18(21(29)26-22)12-23-27(20)17-9-4-3-5-10-17/h3-12,14H,13H2,1-2H3,(H,24,28)(H,25,26,29). The second-order valence-electron chi connectivity index (χ2n) is 7.12. The van der Waals surface area contributed by atoms with Crippen LogP contribution in [0, 0.1) is 0 Å². The first-order valence-electron chi connectivity index (χ1n) is 9.57. The first-order chi connectivity index (χ1) is 14.5. The molecule has 0 saturated carbocycles. The van der Waals surface area contributed by atoms with Crippen LogP contribution in [0.3, 0.4) is 0 Å². The van der Waals surface area contributed by atoms with E-state index in [0.717, 1.165) is 16.9 Å². The highest BCUT2D eigenvalue weighted by atomic mass is 32.2. The third-order valence-corrected chi connectivity index (χ3v) is 5.47. The van der Waals surface area contributed by atoms with Crippen molar-refractivity contribution in [1.29, 1.82) is 0 Å². The number of amides is 1. The number of aromatic amines is 1. The smallest absolute Gasteiger partial charge is 0.262 e. The zero-order valence-corrected chi connectivity index (χ0v) is 17.4. The van der Waals surface area contributed by atoms with Gasteiger partial charge in [0.15, 0.2) is 10.8 Å². The topological polar surface area (TPSA) is 92.7 Å². The lowest BCUT2D eigenvalue weighted by Gasteiger charge is -2.09. The van der Waals surface area contributed by atoms with Crippen molar-refractivity contribution >= 4 is 34.4 Å². The summed E-state index contributed by atoms with van der Waals surface area (Å²) in [6.07, 6.45) is 1.50. The number of benzene rings is 2. The fourth-order valence-electron chi connectivity index (χ4n) is 3.03. The molecule has 152 valence electrons. The first kappa shape index (κ1) is 19.9. The van der Waals surface area contributed by atoms with Gasteiger partial charge in [-0.3, -0.25) is 9.59 Å². The molecule has 7 nitrogen and oxygen atoms in total. The van der Waals surface area contributed by atoms with E-state index in [-0.39, 0.29) is 17.2 Å². The third-order valence-electron chi connectivity index (χ3n) is 4.59. The molecule has 0 saturated heterocycles. The van der Waals surface area contributed by atoms with Gasteiger partial charge >= 0.3 is 0 Å². The molecule has 0 atom stereocenters.